The summed E-state index contributed by atoms with van der Waals surface area (Å²) in [6.07, 6.45) is 0. The normalized spacial score (nSPS) is 7.25. The van der Waals surface area contributed by atoms with Crippen molar-refractivity contribution in [1.82, 2.24) is 0 Å². The van der Waals surface area contributed by atoms with Crippen molar-refractivity contribution in [3.05, 3.63) is 0 Å². The van der Waals surface area contributed by atoms with Gasteiger partial charge >= 0.3 is 29.4 Å². The summed E-state index contributed by atoms with van der Waals surface area (Å²) in [5.74, 6) is 0. The molecule has 0 aromatic carbocycles. The predicted octanol–water partition coefficient (Wildman–Crippen LogP) is -1.74. The van der Waals surface area contributed by atoms with Crippen LogP contribution in [0.1, 0.15) is 0 Å². The van der Waals surface area contributed by atoms with E-state index in [1.54, 1.807) is 0 Å². The molecule has 0 spiro atoms. The van der Waals surface area contributed by atoms with Gasteiger partial charge < -0.3 is 0 Å². The van der Waals surface area contributed by atoms with Gasteiger partial charge in [-0.1, -0.05) is 0 Å². The molecule has 53 valence electrons. The Kier molecular flexibility index (Phi) is 24.4. The molecule has 0 fully saturated rings. The summed E-state index contributed by atoms with van der Waals surface area (Å²) in [6, 6.07) is 0. The van der Waals surface area contributed by atoms with Crippen LogP contribution in [0.4, 0.5) is 0 Å². The average Bonchev–Trinajstić information content (AvgIpc) is 0.722. The maximum absolute atomic E-state index is 8.80. The molecule has 2 radical (unpaired) electrons. The van der Waals surface area contributed by atoms with E-state index in [0.717, 1.165) is 0 Å². The minimum atomic E-state index is -5.12. The Morgan fingerprint density at radius 3 is 1.12 bits per heavy atom. The van der Waals surface area contributed by atoms with E-state index in [1.165, 1.54) is 0 Å². The van der Waals surface area contributed by atoms with Gasteiger partial charge in [0.25, 0.3) is 0 Å². The summed E-state index contributed by atoms with van der Waals surface area (Å²) in [5, 5.41) is 0. The molecule has 2 N–H and O–H groups in total. The van der Waals surface area contributed by atoms with Crippen molar-refractivity contribution in [2.24, 2.45) is 0 Å². The van der Waals surface area contributed by atoms with Crippen LogP contribution in [0.15, 0.2) is 0 Å². The van der Waals surface area contributed by atoms with Gasteiger partial charge in [0, 0.05) is 52.1 Å². The third kappa shape index (κ3) is 126. The van der Waals surface area contributed by atoms with Gasteiger partial charge in [0.15, 0.2) is 0 Å². The van der Waals surface area contributed by atoms with Crippen LogP contribution >= 0.6 is 0 Å². The van der Waals surface area contributed by atoms with Crippen LogP contribution in [0.5, 0.6) is 0 Å². The fourth-order valence-corrected chi connectivity index (χ4v) is 0. The third-order valence-corrected chi connectivity index (χ3v) is 0. The van der Waals surface area contributed by atoms with Gasteiger partial charge in [-0.25, -0.2) is 0 Å². The minimum absolute atomic E-state index is 0. The molecule has 0 aromatic heterocycles. The molecule has 0 rings (SSSR count). The van der Waals surface area contributed by atoms with Crippen molar-refractivity contribution >= 4 is 18.9 Å². The molecule has 0 atom stereocenters. The van der Waals surface area contributed by atoms with Crippen molar-refractivity contribution in [2.45, 2.75) is 0 Å². The summed E-state index contributed by atoms with van der Waals surface area (Å²) in [6.45, 7) is 0. The quantitative estimate of drug-likeness (QED) is 0.497. The second-order valence-corrected chi connectivity index (χ2v) is 1.71. The first-order chi connectivity index (χ1) is 2.00. The average molecular weight is 246 g/mol. The van der Waals surface area contributed by atoms with Crippen LogP contribution in [-0.2, 0) is 54.3 Å². The molecule has 0 aliphatic rings. The van der Waals surface area contributed by atoms with Gasteiger partial charge in [0.1, 0.15) is 0 Å². The first kappa shape index (κ1) is 22.6. The molecule has 0 aliphatic heterocycles. The molecule has 8 heteroatoms. The van der Waals surface area contributed by atoms with Crippen LogP contribution in [-0.4, -0.2) is 27.2 Å². The summed E-state index contributed by atoms with van der Waals surface area (Å²) >= 11 is -5.12. The Bertz CT molecular complexity index is 99.2. The monoisotopic (exact) mass is 245 g/mol. The van der Waals surface area contributed by atoms with Crippen LogP contribution in [0.25, 0.3) is 0 Å². The van der Waals surface area contributed by atoms with Crippen molar-refractivity contribution in [3.63, 3.8) is 0 Å². The predicted molar refractivity (Wildman–Crippen MR) is 11.6 cm³/mol. The fourth-order valence-electron chi connectivity index (χ4n) is 0. The van der Waals surface area contributed by atoms with Gasteiger partial charge in [-0.15, -0.1) is 0 Å². The van der Waals surface area contributed by atoms with E-state index in [2.05, 4.69) is 0 Å². The molecule has 8 heavy (non-hydrogen) atoms. The maximum atomic E-state index is 8.80. The van der Waals surface area contributed by atoms with Gasteiger partial charge in [0.2, 0.25) is 0 Å². The fraction of sp³-hybridized carbons (Fsp3) is 0. The SMILES string of the molecule is [Co].[Li].[Ni].[O]=[Mn](=[O])([OH])[OH]. The van der Waals surface area contributed by atoms with Crippen molar-refractivity contribution in [2.75, 3.05) is 0 Å². The van der Waals surface area contributed by atoms with Gasteiger partial charge in [-0.3, -0.25) is 0 Å². The molecular weight excluding hydrogens is 244 g/mol. The zero-order chi connectivity index (χ0) is 4.50. The van der Waals surface area contributed by atoms with E-state index in [-0.39, 0.29) is 52.1 Å². The van der Waals surface area contributed by atoms with E-state index in [4.69, 9.17) is 16.0 Å². The number of hydrogen-bond acceptors (Lipinski definition) is 2. The summed E-state index contributed by atoms with van der Waals surface area (Å²) in [7, 11) is 0. The molecule has 0 aromatic rings. The Morgan fingerprint density at radius 2 is 1.12 bits per heavy atom. The third-order valence-electron chi connectivity index (χ3n) is 0. The Morgan fingerprint density at radius 1 is 1.12 bits per heavy atom. The van der Waals surface area contributed by atoms with Crippen molar-refractivity contribution in [1.29, 1.82) is 0 Å². The molecule has 0 amide bonds. The van der Waals surface area contributed by atoms with Crippen molar-refractivity contribution < 1.29 is 62.7 Å². The first-order valence-corrected chi connectivity index (χ1v) is 2.67. The second kappa shape index (κ2) is 8.64. The second-order valence-electron chi connectivity index (χ2n) is 0.415. The Hall–Kier alpha value is 1.64. The van der Waals surface area contributed by atoms with Crippen molar-refractivity contribution in [3.8, 4) is 0 Å². The van der Waals surface area contributed by atoms with Gasteiger partial charge in [0.05, 0.1) is 0 Å². The topological polar surface area (TPSA) is 74.6 Å². The van der Waals surface area contributed by atoms with Crippen LogP contribution in [0, 0.1) is 0 Å². The van der Waals surface area contributed by atoms with Gasteiger partial charge in [-0.2, -0.15) is 0 Å². The van der Waals surface area contributed by atoms with E-state index in [9.17, 15) is 0 Å². The summed E-state index contributed by atoms with van der Waals surface area (Å²) < 4.78 is 31.8. The van der Waals surface area contributed by atoms with E-state index in [1.807, 2.05) is 0 Å². The molecule has 0 saturated carbocycles. The van der Waals surface area contributed by atoms with Crippen LogP contribution < -0.4 is 0 Å². The van der Waals surface area contributed by atoms with E-state index < -0.39 is 13.4 Å². The molecule has 0 aliphatic carbocycles. The molecular formula is H2CoLiMnNiO4. The molecule has 0 unspecified atom stereocenters. The molecule has 0 heterocycles. The van der Waals surface area contributed by atoms with Crippen LogP contribution in [0.3, 0.4) is 0 Å². The standard InChI is InChI=1S/Co.Li.Mn.Ni.2H2O.2O/h;;;;2*1H2;;/q;;+2;;;;;/p-2. The molecule has 0 bridgehead atoms. The summed E-state index contributed by atoms with van der Waals surface area (Å²) in [5.41, 5.74) is 0. The first-order valence-electron chi connectivity index (χ1n) is 0.647. The summed E-state index contributed by atoms with van der Waals surface area (Å²) in [4.78, 5) is 0. The van der Waals surface area contributed by atoms with Crippen LogP contribution in [0.2, 0.25) is 0 Å². The Balaban J connectivity index is -0.0000000267. The molecule has 0 saturated heterocycles. The Labute approximate surface area is 81.0 Å². The number of rotatable bonds is 0. The van der Waals surface area contributed by atoms with E-state index in [0.29, 0.717) is 0 Å². The zero-order valence-corrected chi connectivity index (χ0v) is 6.95. The van der Waals surface area contributed by atoms with Gasteiger partial charge in [-0.05, 0) is 0 Å². The molecule has 4 nitrogen and oxygen atoms in total. The zero-order valence-electron chi connectivity index (χ0n) is 3.74. The van der Waals surface area contributed by atoms with E-state index >= 15 is 0 Å². The number of hydrogen-bond donors (Lipinski definition) is 2.